The van der Waals surface area contributed by atoms with Gasteiger partial charge in [0.15, 0.2) is 0 Å². The standard InChI is InChI=1S/C15H21N3O/c1-10(2)11-4-5-12(14(8-11)19-3)13(9-16)15-17-6-7-18-15/h4-8,10,13H,9,16H2,1-3H3,(H,17,18). The summed E-state index contributed by atoms with van der Waals surface area (Å²) >= 11 is 0. The highest BCUT2D eigenvalue weighted by molar-refractivity contribution is 5.43. The number of H-pyrrole nitrogens is 1. The van der Waals surface area contributed by atoms with Gasteiger partial charge in [0.1, 0.15) is 11.6 Å². The number of nitrogens with zero attached hydrogens (tertiary/aromatic N) is 1. The van der Waals surface area contributed by atoms with E-state index in [0.29, 0.717) is 12.5 Å². The molecule has 0 aliphatic heterocycles. The molecule has 4 nitrogen and oxygen atoms in total. The monoisotopic (exact) mass is 259 g/mol. The van der Waals surface area contributed by atoms with Gasteiger partial charge in [-0.25, -0.2) is 4.98 Å². The topological polar surface area (TPSA) is 63.9 Å². The van der Waals surface area contributed by atoms with Gasteiger partial charge in [0, 0.05) is 24.5 Å². The number of aromatic nitrogens is 2. The van der Waals surface area contributed by atoms with Gasteiger partial charge >= 0.3 is 0 Å². The molecule has 102 valence electrons. The Bertz CT molecular complexity index is 520. The van der Waals surface area contributed by atoms with Crippen molar-refractivity contribution < 1.29 is 4.74 Å². The number of nitrogens with two attached hydrogens (primary N) is 1. The van der Waals surface area contributed by atoms with Crippen LogP contribution in [0.3, 0.4) is 0 Å². The van der Waals surface area contributed by atoms with Crippen molar-refractivity contribution >= 4 is 0 Å². The Balaban J connectivity index is 2.43. The highest BCUT2D eigenvalue weighted by atomic mass is 16.5. The molecule has 0 aliphatic carbocycles. The summed E-state index contributed by atoms with van der Waals surface area (Å²) in [6.07, 6.45) is 3.56. The van der Waals surface area contributed by atoms with Gasteiger partial charge in [-0.2, -0.15) is 0 Å². The lowest BCUT2D eigenvalue weighted by atomic mass is 9.93. The highest BCUT2D eigenvalue weighted by Gasteiger charge is 2.19. The van der Waals surface area contributed by atoms with Gasteiger partial charge in [-0.15, -0.1) is 0 Å². The third-order valence-electron chi connectivity index (χ3n) is 3.38. The lowest BCUT2D eigenvalue weighted by Gasteiger charge is -2.18. The number of ether oxygens (including phenoxy) is 1. The van der Waals surface area contributed by atoms with Crippen molar-refractivity contribution in [1.29, 1.82) is 0 Å². The Morgan fingerprint density at radius 2 is 2.16 bits per heavy atom. The van der Waals surface area contributed by atoms with Crippen LogP contribution < -0.4 is 10.5 Å². The molecule has 0 fully saturated rings. The van der Waals surface area contributed by atoms with E-state index in [2.05, 4.69) is 42.0 Å². The molecule has 0 radical (unpaired) electrons. The summed E-state index contributed by atoms with van der Waals surface area (Å²) in [6.45, 7) is 4.83. The van der Waals surface area contributed by atoms with Gasteiger partial charge in [-0.3, -0.25) is 0 Å². The highest BCUT2D eigenvalue weighted by Crippen LogP contribution is 2.32. The lowest BCUT2D eigenvalue weighted by Crippen LogP contribution is -2.16. The zero-order chi connectivity index (χ0) is 13.8. The van der Waals surface area contributed by atoms with E-state index in [1.165, 1.54) is 5.56 Å². The molecule has 0 spiro atoms. The second-order valence-corrected chi connectivity index (χ2v) is 4.92. The fourth-order valence-electron chi connectivity index (χ4n) is 2.23. The molecule has 19 heavy (non-hydrogen) atoms. The fourth-order valence-corrected chi connectivity index (χ4v) is 2.23. The van der Waals surface area contributed by atoms with E-state index in [0.717, 1.165) is 17.1 Å². The number of imidazole rings is 1. The maximum Gasteiger partial charge on any atom is 0.123 e. The summed E-state index contributed by atoms with van der Waals surface area (Å²) in [4.78, 5) is 7.43. The van der Waals surface area contributed by atoms with Crippen LogP contribution in [0.2, 0.25) is 0 Å². The van der Waals surface area contributed by atoms with E-state index in [4.69, 9.17) is 10.5 Å². The molecule has 0 saturated heterocycles. The number of aromatic amines is 1. The van der Waals surface area contributed by atoms with E-state index >= 15 is 0 Å². The average Bonchev–Trinajstić information content (AvgIpc) is 2.93. The van der Waals surface area contributed by atoms with E-state index < -0.39 is 0 Å². The molecule has 0 bridgehead atoms. The number of hydrogen-bond acceptors (Lipinski definition) is 3. The second kappa shape index (κ2) is 5.89. The van der Waals surface area contributed by atoms with Crippen LogP contribution >= 0.6 is 0 Å². The molecule has 0 aliphatic rings. The Morgan fingerprint density at radius 3 is 2.68 bits per heavy atom. The van der Waals surface area contributed by atoms with E-state index in [1.807, 2.05) is 6.20 Å². The van der Waals surface area contributed by atoms with E-state index in [-0.39, 0.29) is 5.92 Å². The van der Waals surface area contributed by atoms with Crippen molar-refractivity contribution in [2.45, 2.75) is 25.7 Å². The molecule has 1 heterocycles. The maximum absolute atomic E-state index is 5.90. The predicted octanol–water partition coefficient (Wildman–Crippen LogP) is 2.63. The number of nitrogens with one attached hydrogen (secondary N) is 1. The zero-order valence-electron chi connectivity index (χ0n) is 11.7. The lowest BCUT2D eigenvalue weighted by molar-refractivity contribution is 0.406. The summed E-state index contributed by atoms with van der Waals surface area (Å²) in [7, 11) is 1.69. The van der Waals surface area contributed by atoms with Gasteiger partial charge < -0.3 is 15.5 Å². The average molecular weight is 259 g/mol. The molecule has 1 aromatic carbocycles. The van der Waals surface area contributed by atoms with Gasteiger partial charge in [0.05, 0.1) is 13.0 Å². The first-order valence-corrected chi connectivity index (χ1v) is 6.54. The molecule has 1 aromatic heterocycles. The summed E-state index contributed by atoms with van der Waals surface area (Å²) in [5, 5.41) is 0. The van der Waals surface area contributed by atoms with E-state index in [1.54, 1.807) is 13.3 Å². The normalized spacial score (nSPS) is 12.7. The van der Waals surface area contributed by atoms with Crippen molar-refractivity contribution in [3.63, 3.8) is 0 Å². The van der Waals surface area contributed by atoms with Crippen molar-refractivity contribution in [3.8, 4) is 5.75 Å². The van der Waals surface area contributed by atoms with Crippen LogP contribution in [0.25, 0.3) is 0 Å². The first-order chi connectivity index (χ1) is 9.17. The quantitative estimate of drug-likeness (QED) is 0.867. The van der Waals surface area contributed by atoms with E-state index in [9.17, 15) is 0 Å². The number of methoxy groups -OCH3 is 1. The number of benzene rings is 1. The number of hydrogen-bond donors (Lipinski definition) is 2. The van der Waals surface area contributed by atoms with Gasteiger partial charge in [-0.1, -0.05) is 26.0 Å². The largest absolute Gasteiger partial charge is 0.496 e. The SMILES string of the molecule is COc1cc(C(C)C)ccc1C(CN)c1ncc[nH]1. The molecular weight excluding hydrogens is 238 g/mol. The summed E-state index contributed by atoms with van der Waals surface area (Å²) < 4.78 is 5.52. The van der Waals surface area contributed by atoms with Crippen molar-refractivity contribution in [2.24, 2.45) is 5.73 Å². The second-order valence-electron chi connectivity index (χ2n) is 4.92. The minimum Gasteiger partial charge on any atom is -0.496 e. The third kappa shape index (κ3) is 2.79. The molecule has 2 aromatic rings. The van der Waals surface area contributed by atoms with Gasteiger partial charge in [0.2, 0.25) is 0 Å². The van der Waals surface area contributed by atoms with Crippen LogP contribution in [0, 0.1) is 0 Å². The van der Waals surface area contributed by atoms with Crippen molar-refractivity contribution in [2.75, 3.05) is 13.7 Å². The number of rotatable bonds is 5. The van der Waals surface area contributed by atoms with Gasteiger partial charge in [-0.05, 0) is 17.5 Å². The van der Waals surface area contributed by atoms with Crippen LogP contribution in [-0.2, 0) is 0 Å². The van der Waals surface area contributed by atoms with Crippen LogP contribution in [-0.4, -0.2) is 23.6 Å². The Labute approximate surface area is 114 Å². The molecule has 0 amide bonds. The minimum absolute atomic E-state index is 0.0335. The fraction of sp³-hybridized carbons (Fsp3) is 0.400. The summed E-state index contributed by atoms with van der Waals surface area (Å²) in [5.41, 5.74) is 8.24. The van der Waals surface area contributed by atoms with Crippen LogP contribution in [0.1, 0.15) is 42.6 Å². The molecule has 0 saturated carbocycles. The minimum atomic E-state index is 0.0335. The summed E-state index contributed by atoms with van der Waals surface area (Å²) in [6, 6.07) is 6.31. The van der Waals surface area contributed by atoms with Crippen molar-refractivity contribution in [3.05, 3.63) is 47.5 Å². The van der Waals surface area contributed by atoms with Crippen LogP contribution in [0.15, 0.2) is 30.6 Å². The zero-order valence-corrected chi connectivity index (χ0v) is 11.7. The van der Waals surface area contributed by atoms with Gasteiger partial charge in [0.25, 0.3) is 0 Å². The first kappa shape index (κ1) is 13.6. The Morgan fingerprint density at radius 1 is 1.37 bits per heavy atom. The maximum atomic E-state index is 5.90. The molecule has 1 unspecified atom stereocenters. The summed E-state index contributed by atoms with van der Waals surface area (Å²) in [5.74, 6) is 2.25. The van der Waals surface area contributed by atoms with Crippen LogP contribution in [0.5, 0.6) is 5.75 Å². The first-order valence-electron chi connectivity index (χ1n) is 6.54. The molecule has 4 heteroatoms. The predicted molar refractivity (Wildman–Crippen MR) is 76.6 cm³/mol. The van der Waals surface area contributed by atoms with Crippen molar-refractivity contribution in [1.82, 2.24) is 9.97 Å². The Kier molecular flexibility index (Phi) is 4.22. The molecular formula is C15H21N3O. The molecule has 3 N–H and O–H groups in total. The molecule has 1 atom stereocenters. The smallest absolute Gasteiger partial charge is 0.123 e. The Hall–Kier alpha value is -1.81. The third-order valence-corrected chi connectivity index (χ3v) is 3.38. The molecule has 2 rings (SSSR count). The van der Waals surface area contributed by atoms with Crippen LogP contribution in [0.4, 0.5) is 0 Å².